The highest BCUT2D eigenvalue weighted by Gasteiger charge is 2.28. The average molecular weight is 542 g/mol. The van der Waals surface area contributed by atoms with Crippen molar-refractivity contribution < 1.29 is 0 Å². The second-order valence-electron chi connectivity index (χ2n) is 8.95. The van der Waals surface area contributed by atoms with E-state index in [0.717, 1.165) is 32.1 Å². The number of nitrogens with one attached hydrogen (secondary N) is 1. The third-order valence-corrected chi connectivity index (χ3v) is 6.82. The van der Waals surface area contributed by atoms with Gasteiger partial charge in [0.2, 0.25) is 0 Å². The van der Waals surface area contributed by atoms with Crippen LogP contribution in [-0.2, 0) is 0 Å². The molecule has 6 heteroatoms. The number of benzene rings is 1. The van der Waals surface area contributed by atoms with Crippen molar-refractivity contribution >= 4 is 29.9 Å². The number of piperazine rings is 1. The number of unbranched alkanes of at least 4 members (excludes halogenated alkanes) is 1. The van der Waals surface area contributed by atoms with E-state index in [0.29, 0.717) is 11.8 Å². The molecule has 2 heterocycles. The van der Waals surface area contributed by atoms with Gasteiger partial charge in [-0.3, -0.25) is 4.99 Å². The van der Waals surface area contributed by atoms with Gasteiger partial charge in [0, 0.05) is 52.4 Å². The summed E-state index contributed by atoms with van der Waals surface area (Å²) in [4.78, 5) is 12.6. The molecule has 3 rings (SSSR count). The number of likely N-dealkylation sites (tertiary alicyclic amines) is 1. The standard InChI is InChI=1S/C25H43N5.HI/c1-4-26-25(27-14-9-10-15-29-19-17-28(5-2)18-20-29)30-16-13-24(22(3)21-30)23-11-7-6-8-12-23;/h6-8,11-12,22,24H,4-5,9-10,13-21H2,1-3H3,(H,26,27);1H. The van der Waals surface area contributed by atoms with Gasteiger partial charge in [0.1, 0.15) is 0 Å². The topological polar surface area (TPSA) is 34.1 Å². The Kier molecular flexibility index (Phi) is 12.2. The minimum Gasteiger partial charge on any atom is -0.357 e. The minimum absolute atomic E-state index is 0. The second kappa shape index (κ2) is 14.3. The maximum Gasteiger partial charge on any atom is 0.193 e. The van der Waals surface area contributed by atoms with Crippen LogP contribution in [0.4, 0.5) is 0 Å². The van der Waals surface area contributed by atoms with Gasteiger partial charge in [-0.15, -0.1) is 24.0 Å². The zero-order chi connectivity index (χ0) is 21.2. The third-order valence-electron chi connectivity index (χ3n) is 6.82. The largest absolute Gasteiger partial charge is 0.357 e. The maximum absolute atomic E-state index is 4.98. The van der Waals surface area contributed by atoms with Crippen molar-refractivity contribution in [2.45, 2.75) is 46.0 Å². The lowest BCUT2D eigenvalue weighted by Gasteiger charge is -2.39. The molecule has 2 aliphatic rings. The third kappa shape index (κ3) is 8.21. The van der Waals surface area contributed by atoms with Gasteiger partial charge in [0.15, 0.2) is 5.96 Å². The fourth-order valence-corrected chi connectivity index (χ4v) is 4.92. The summed E-state index contributed by atoms with van der Waals surface area (Å²) < 4.78 is 0. The van der Waals surface area contributed by atoms with Gasteiger partial charge in [-0.2, -0.15) is 0 Å². The number of hydrogen-bond donors (Lipinski definition) is 1. The highest BCUT2D eigenvalue weighted by molar-refractivity contribution is 14.0. The van der Waals surface area contributed by atoms with E-state index in [1.165, 1.54) is 64.1 Å². The van der Waals surface area contributed by atoms with Crippen LogP contribution in [0, 0.1) is 5.92 Å². The Labute approximate surface area is 207 Å². The average Bonchev–Trinajstić information content (AvgIpc) is 2.79. The van der Waals surface area contributed by atoms with E-state index >= 15 is 0 Å². The zero-order valence-electron chi connectivity index (χ0n) is 19.9. The van der Waals surface area contributed by atoms with Crippen LogP contribution in [0.1, 0.15) is 51.5 Å². The van der Waals surface area contributed by atoms with Gasteiger partial charge >= 0.3 is 0 Å². The number of hydrogen-bond acceptors (Lipinski definition) is 3. The molecule has 1 aromatic rings. The molecule has 2 fully saturated rings. The summed E-state index contributed by atoms with van der Waals surface area (Å²) in [5, 5.41) is 3.54. The van der Waals surface area contributed by atoms with Gasteiger partial charge in [0.05, 0.1) is 0 Å². The van der Waals surface area contributed by atoms with Crippen molar-refractivity contribution in [3.05, 3.63) is 35.9 Å². The van der Waals surface area contributed by atoms with E-state index in [1.54, 1.807) is 0 Å². The number of aliphatic imine (C=N–C) groups is 1. The molecule has 2 unspecified atom stereocenters. The van der Waals surface area contributed by atoms with E-state index in [-0.39, 0.29) is 24.0 Å². The summed E-state index contributed by atoms with van der Waals surface area (Å²) >= 11 is 0. The summed E-state index contributed by atoms with van der Waals surface area (Å²) in [6.45, 7) is 18.2. The van der Waals surface area contributed by atoms with Crippen LogP contribution in [0.25, 0.3) is 0 Å². The van der Waals surface area contributed by atoms with Crippen LogP contribution in [0.2, 0.25) is 0 Å². The van der Waals surface area contributed by atoms with Crippen LogP contribution >= 0.6 is 24.0 Å². The minimum atomic E-state index is 0. The lowest BCUT2D eigenvalue weighted by molar-refractivity contribution is 0.136. The van der Waals surface area contributed by atoms with Gasteiger partial charge in [-0.25, -0.2) is 0 Å². The van der Waals surface area contributed by atoms with Gasteiger partial charge < -0.3 is 20.0 Å². The molecule has 2 aliphatic heterocycles. The van der Waals surface area contributed by atoms with Crippen molar-refractivity contribution in [3.63, 3.8) is 0 Å². The van der Waals surface area contributed by atoms with Crippen molar-refractivity contribution in [2.75, 3.05) is 65.4 Å². The molecule has 0 amide bonds. The Morgan fingerprint density at radius 1 is 1.00 bits per heavy atom. The fourth-order valence-electron chi connectivity index (χ4n) is 4.92. The van der Waals surface area contributed by atoms with E-state index in [9.17, 15) is 0 Å². The Morgan fingerprint density at radius 3 is 2.35 bits per heavy atom. The van der Waals surface area contributed by atoms with E-state index in [1.807, 2.05) is 0 Å². The first-order valence-electron chi connectivity index (χ1n) is 12.2. The monoisotopic (exact) mass is 541 g/mol. The highest BCUT2D eigenvalue weighted by atomic mass is 127. The normalized spacial score (nSPS) is 23.5. The van der Waals surface area contributed by atoms with Crippen molar-refractivity contribution in [2.24, 2.45) is 10.9 Å². The molecule has 2 saturated heterocycles. The molecule has 0 aliphatic carbocycles. The second-order valence-corrected chi connectivity index (χ2v) is 8.95. The van der Waals surface area contributed by atoms with Crippen LogP contribution in [0.3, 0.4) is 0 Å². The Hall–Kier alpha value is -0.860. The molecular weight excluding hydrogens is 497 g/mol. The van der Waals surface area contributed by atoms with Crippen LogP contribution < -0.4 is 5.32 Å². The molecule has 1 aromatic carbocycles. The van der Waals surface area contributed by atoms with Crippen LogP contribution in [0.15, 0.2) is 35.3 Å². The summed E-state index contributed by atoms with van der Waals surface area (Å²) in [6.07, 6.45) is 3.64. The van der Waals surface area contributed by atoms with Gasteiger partial charge in [0.25, 0.3) is 0 Å². The Morgan fingerprint density at radius 2 is 1.71 bits per heavy atom. The van der Waals surface area contributed by atoms with E-state index in [4.69, 9.17) is 4.99 Å². The van der Waals surface area contributed by atoms with Gasteiger partial charge in [-0.1, -0.05) is 44.2 Å². The van der Waals surface area contributed by atoms with Crippen molar-refractivity contribution in [3.8, 4) is 0 Å². The molecule has 0 aromatic heterocycles. The van der Waals surface area contributed by atoms with E-state index < -0.39 is 0 Å². The summed E-state index contributed by atoms with van der Waals surface area (Å²) in [6, 6.07) is 11.0. The Balaban J connectivity index is 0.00000341. The molecule has 0 bridgehead atoms. The molecule has 2 atom stereocenters. The molecule has 1 N–H and O–H groups in total. The predicted octanol–water partition coefficient (Wildman–Crippen LogP) is 4.11. The lowest BCUT2D eigenvalue weighted by atomic mass is 9.82. The lowest BCUT2D eigenvalue weighted by Crippen LogP contribution is -2.48. The summed E-state index contributed by atoms with van der Waals surface area (Å²) in [7, 11) is 0. The van der Waals surface area contributed by atoms with Crippen LogP contribution in [0.5, 0.6) is 0 Å². The first kappa shape index (κ1) is 26.4. The molecule has 176 valence electrons. The summed E-state index contributed by atoms with van der Waals surface area (Å²) in [5.74, 6) is 2.43. The number of likely N-dealkylation sites (N-methyl/N-ethyl adjacent to an activating group) is 1. The van der Waals surface area contributed by atoms with Crippen LogP contribution in [-0.4, -0.2) is 86.1 Å². The van der Waals surface area contributed by atoms with Crippen molar-refractivity contribution in [1.29, 1.82) is 0 Å². The number of nitrogens with zero attached hydrogens (tertiary/aromatic N) is 4. The molecule has 0 spiro atoms. The first-order valence-corrected chi connectivity index (χ1v) is 12.2. The van der Waals surface area contributed by atoms with E-state index in [2.05, 4.69) is 71.1 Å². The molecule has 31 heavy (non-hydrogen) atoms. The van der Waals surface area contributed by atoms with Gasteiger partial charge in [-0.05, 0) is 56.7 Å². The number of piperidine rings is 1. The number of halogens is 1. The highest BCUT2D eigenvalue weighted by Crippen LogP contribution is 2.32. The fraction of sp³-hybridized carbons (Fsp3) is 0.720. The number of guanidine groups is 1. The quantitative estimate of drug-likeness (QED) is 0.233. The summed E-state index contributed by atoms with van der Waals surface area (Å²) in [5.41, 5.74) is 1.49. The predicted molar refractivity (Wildman–Crippen MR) is 144 cm³/mol. The molecular formula is C25H44IN5. The zero-order valence-corrected chi connectivity index (χ0v) is 22.3. The smallest absolute Gasteiger partial charge is 0.193 e. The maximum atomic E-state index is 4.98. The SMILES string of the molecule is CCNC(=NCCCCN1CCN(CC)CC1)N1CCC(c2ccccc2)C(C)C1.I. The number of rotatable bonds is 8. The Bertz CT molecular complexity index is 630. The molecule has 5 nitrogen and oxygen atoms in total. The first-order chi connectivity index (χ1) is 14.7. The van der Waals surface area contributed by atoms with Crippen molar-refractivity contribution in [1.82, 2.24) is 20.0 Å². The molecule has 0 radical (unpaired) electrons. The molecule has 0 saturated carbocycles.